The number of rotatable bonds is 5. The van der Waals surface area contributed by atoms with E-state index in [1.165, 1.54) is 0 Å². The molecular weight excluding hydrogens is 258 g/mol. The van der Waals surface area contributed by atoms with Gasteiger partial charge in [0.2, 0.25) is 0 Å². The first-order valence-electron chi connectivity index (χ1n) is 6.97. The van der Waals surface area contributed by atoms with E-state index in [0.29, 0.717) is 30.5 Å². The minimum Gasteiger partial charge on any atom is -0.511 e. The molecule has 0 aromatic rings. The number of ketones is 1. The van der Waals surface area contributed by atoms with Crippen LogP contribution in [-0.2, 0) is 9.59 Å². The maximum absolute atomic E-state index is 12.2. The number of Topliss-reactive ketones (excluding diaryl/α,β-unsaturated/α-hetero) is 1. The number of carbonyl (C=O) groups is 2. The van der Waals surface area contributed by atoms with Crippen LogP contribution in [0.3, 0.4) is 0 Å². The SMILES string of the molecule is CCC/C(O)=C1\C(=O)CC(C)(C)CC1=NCCC(=O)O. The van der Waals surface area contributed by atoms with Crippen LogP contribution in [0.4, 0.5) is 0 Å². The molecule has 1 saturated carbocycles. The Morgan fingerprint density at radius 1 is 1.25 bits per heavy atom. The highest BCUT2D eigenvalue weighted by Gasteiger charge is 2.35. The minimum atomic E-state index is -0.918. The molecule has 0 amide bonds. The normalized spacial score (nSPS) is 22.9. The van der Waals surface area contributed by atoms with Gasteiger partial charge in [-0.3, -0.25) is 14.6 Å². The number of carboxylic acid groups (broad SMARTS) is 1. The zero-order valence-corrected chi connectivity index (χ0v) is 12.4. The Labute approximate surface area is 119 Å². The molecule has 0 bridgehead atoms. The quantitative estimate of drug-likeness (QED) is 0.599. The first kappa shape index (κ1) is 16.4. The summed E-state index contributed by atoms with van der Waals surface area (Å²) in [5.41, 5.74) is 0.671. The van der Waals surface area contributed by atoms with Crippen molar-refractivity contribution >= 4 is 17.5 Å². The van der Waals surface area contributed by atoms with Crippen molar-refractivity contribution in [1.29, 1.82) is 0 Å². The molecule has 2 N–H and O–H groups in total. The molecule has 0 aromatic heterocycles. The largest absolute Gasteiger partial charge is 0.511 e. The van der Waals surface area contributed by atoms with Gasteiger partial charge >= 0.3 is 5.97 Å². The molecule has 0 aromatic carbocycles. The van der Waals surface area contributed by atoms with Crippen LogP contribution < -0.4 is 0 Å². The maximum atomic E-state index is 12.2. The molecule has 0 spiro atoms. The Kier molecular flexibility index (Phi) is 5.48. The van der Waals surface area contributed by atoms with Crippen LogP contribution in [0, 0.1) is 5.41 Å². The number of allylic oxidation sites excluding steroid dienone is 2. The fourth-order valence-corrected chi connectivity index (χ4v) is 2.40. The number of aliphatic carboxylic acids is 1. The van der Waals surface area contributed by atoms with Crippen molar-refractivity contribution in [3.63, 3.8) is 0 Å². The number of hydrogen-bond donors (Lipinski definition) is 2. The van der Waals surface area contributed by atoms with E-state index in [1.54, 1.807) is 0 Å². The topological polar surface area (TPSA) is 87.0 Å². The van der Waals surface area contributed by atoms with Gasteiger partial charge < -0.3 is 10.2 Å². The summed E-state index contributed by atoms with van der Waals surface area (Å²) in [5.74, 6) is -0.928. The van der Waals surface area contributed by atoms with Crippen molar-refractivity contribution in [1.82, 2.24) is 0 Å². The lowest BCUT2D eigenvalue weighted by atomic mass is 9.73. The smallest absolute Gasteiger partial charge is 0.305 e. The van der Waals surface area contributed by atoms with E-state index in [4.69, 9.17) is 5.11 Å². The van der Waals surface area contributed by atoms with Gasteiger partial charge in [0, 0.05) is 25.1 Å². The fraction of sp³-hybridized carbons (Fsp3) is 0.667. The summed E-state index contributed by atoms with van der Waals surface area (Å²) in [6, 6.07) is 0. The van der Waals surface area contributed by atoms with Gasteiger partial charge in [-0.05, 0) is 18.3 Å². The van der Waals surface area contributed by atoms with Crippen LogP contribution in [0.2, 0.25) is 0 Å². The van der Waals surface area contributed by atoms with E-state index in [0.717, 1.165) is 6.42 Å². The molecule has 0 radical (unpaired) electrons. The van der Waals surface area contributed by atoms with Crippen LogP contribution in [0.5, 0.6) is 0 Å². The maximum Gasteiger partial charge on any atom is 0.305 e. The standard InChI is InChI=1S/C15H23NO4/c1-4-5-11(17)14-10(16-7-6-13(19)20)8-15(2,3)9-12(14)18/h17H,4-9H2,1-3H3,(H,19,20)/b14-11+,16-10?. The Hall–Kier alpha value is -1.65. The third kappa shape index (κ3) is 4.47. The molecule has 0 aliphatic heterocycles. The van der Waals surface area contributed by atoms with Gasteiger partial charge in [0.1, 0.15) is 5.76 Å². The van der Waals surface area contributed by atoms with Gasteiger partial charge in [-0.2, -0.15) is 0 Å². The van der Waals surface area contributed by atoms with Gasteiger partial charge in [0.05, 0.1) is 12.0 Å². The second kappa shape index (κ2) is 6.68. The predicted octanol–water partition coefficient (Wildman–Crippen LogP) is 2.90. The number of carbonyl (C=O) groups excluding carboxylic acids is 1. The molecule has 0 heterocycles. The van der Waals surface area contributed by atoms with Gasteiger partial charge in [-0.1, -0.05) is 20.8 Å². The average Bonchev–Trinajstić information content (AvgIpc) is 2.26. The lowest BCUT2D eigenvalue weighted by Crippen LogP contribution is -2.33. The van der Waals surface area contributed by atoms with Gasteiger partial charge in [-0.15, -0.1) is 0 Å². The van der Waals surface area contributed by atoms with E-state index in [1.807, 2.05) is 20.8 Å². The molecule has 112 valence electrons. The third-order valence-electron chi connectivity index (χ3n) is 3.26. The minimum absolute atomic E-state index is 0.0695. The number of aliphatic imine (C=N–C) groups is 1. The van der Waals surface area contributed by atoms with Gasteiger partial charge in [0.25, 0.3) is 0 Å². The van der Waals surface area contributed by atoms with Crippen molar-refractivity contribution in [2.24, 2.45) is 10.4 Å². The first-order valence-corrected chi connectivity index (χ1v) is 6.97. The molecular formula is C15H23NO4. The van der Waals surface area contributed by atoms with E-state index in [2.05, 4.69) is 4.99 Å². The van der Waals surface area contributed by atoms with Crippen LogP contribution in [0.1, 0.15) is 52.9 Å². The molecule has 0 atom stereocenters. The molecule has 0 saturated heterocycles. The monoisotopic (exact) mass is 281 g/mol. The van der Waals surface area contributed by atoms with Crippen molar-refractivity contribution in [2.45, 2.75) is 52.9 Å². The first-order chi connectivity index (χ1) is 9.26. The van der Waals surface area contributed by atoms with E-state index in [9.17, 15) is 14.7 Å². The van der Waals surface area contributed by atoms with Crippen molar-refractivity contribution in [3.05, 3.63) is 11.3 Å². The van der Waals surface area contributed by atoms with E-state index < -0.39 is 5.97 Å². The second-order valence-corrected chi connectivity index (χ2v) is 5.98. The Bertz CT molecular complexity index is 460. The molecule has 1 rings (SSSR count). The Morgan fingerprint density at radius 2 is 1.90 bits per heavy atom. The summed E-state index contributed by atoms with van der Waals surface area (Å²) >= 11 is 0. The summed E-state index contributed by atoms with van der Waals surface area (Å²) in [6.45, 7) is 6.02. The Balaban J connectivity index is 3.06. The molecule has 1 fully saturated rings. The van der Waals surface area contributed by atoms with E-state index in [-0.39, 0.29) is 29.9 Å². The third-order valence-corrected chi connectivity index (χ3v) is 3.26. The number of aliphatic hydroxyl groups is 1. The van der Waals surface area contributed by atoms with Crippen LogP contribution in [-0.4, -0.2) is 34.2 Å². The molecule has 20 heavy (non-hydrogen) atoms. The van der Waals surface area contributed by atoms with Crippen LogP contribution >= 0.6 is 0 Å². The predicted molar refractivity (Wildman–Crippen MR) is 77.1 cm³/mol. The van der Waals surface area contributed by atoms with Crippen molar-refractivity contribution in [2.75, 3.05) is 6.54 Å². The second-order valence-electron chi connectivity index (χ2n) is 5.98. The summed E-state index contributed by atoms with van der Waals surface area (Å²) < 4.78 is 0. The highest BCUT2D eigenvalue weighted by Crippen LogP contribution is 2.35. The summed E-state index contributed by atoms with van der Waals surface area (Å²) in [7, 11) is 0. The van der Waals surface area contributed by atoms with Gasteiger partial charge in [0.15, 0.2) is 5.78 Å². The highest BCUT2D eigenvalue weighted by atomic mass is 16.4. The fourth-order valence-electron chi connectivity index (χ4n) is 2.40. The average molecular weight is 281 g/mol. The molecule has 0 unspecified atom stereocenters. The molecule has 5 nitrogen and oxygen atoms in total. The summed E-state index contributed by atoms with van der Waals surface area (Å²) in [4.78, 5) is 27.0. The Morgan fingerprint density at radius 3 is 2.45 bits per heavy atom. The number of hydrogen-bond acceptors (Lipinski definition) is 4. The summed E-state index contributed by atoms with van der Waals surface area (Å²) in [5, 5.41) is 18.7. The van der Waals surface area contributed by atoms with Crippen molar-refractivity contribution in [3.8, 4) is 0 Å². The molecule has 5 heteroatoms. The zero-order valence-electron chi connectivity index (χ0n) is 12.4. The highest BCUT2D eigenvalue weighted by molar-refractivity contribution is 6.24. The van der Waals surface area contributed by atoms with Crippen LogP contribution in [0.25, 0.3) is 0 Å². The molecule has 1 aliphatic rings. The van der Waals surface area contributed by atoms with Crippen molar-refractivity contribution < 1.29 is 19.8 Å². The lowest BCUT2D eigenvalue weighted by Gasteiger charge is -2.31. The number of aliphatic hydroxyl groups excluding tert-OH is 1. The number of nitrogens with zero attached hydrogens (tertiary/aromatic N) is 1. The summed E-state index contributed by atoms with van der Waals surface area (Å²) in [6.07, 6.45) is 2.09. The van der Waals surface area contributed by atoms with E-state index >= 15 is 0 Å². The molecule has 1 aliphatic carbocycles. The van der Waals surface area contributed by atoms with Gasteiger partial charge in [-0.25, -0.2) is 0 Å². The lowest BCUT2D eigenvalue weighted by molar-refractivity contribution is -0.136. The zero-order chi connectivity index (χ0) is 15.3. The number of carboxylic acids is 1. The van der Waals surface area contributed by atoms with Crippen LogP contribution in [0.15, 0.2) is 16.3 Å².